The van der Waals surface area contributed by atoms with Gasteiger partial charge in [-0.05, 0) is 72.8 Å². The van der Waals surface area contributed by atoms with E-state index in [1.807, 2.05) is 0 Å². The molecule has 0 aliphatic heterocycles. The molecule has 0 saturated carbocycles. The SMILES string of the molecule is SCCCCCCCCCCCCCCCCCCC(S)C(CCCCCCCCCCCCCCCCCCS)(c1ccccc1)C(CCCS)c1ccccc1. The van der Waals surface area contributed by atoms with Crippen LogP contribution in [0.15, 0.2) is 60.7 Å². The molecule has 334 valence electrons. The topological polar surface area (TPSA) is 0 Å². The van der Waals surface area contributed by atoms with Gasteiger partial charge in [-0.3, -0.25) is 0 Å². The van der Waals surface area contributed by atoms with Crippen molar-refractivity contribution < 1.29 is 0 Å². The fourth-order valence-electron chi connectivity index (χ4n) is 9.75. The third kappa shape index (κ3) is 25.7. The highest BCUT2D eigenvalue weighted by molar-refractivity contribution is 7.81. The highest BCUT2D eigenvalue weighted by Crippen LogP contribution is 2.51. The number of rotatable bonds is 43. The first-order chi connectivity index (χ1) is 28.7. The van der Waals surface area contributed by atoms with Crippen LogP contribution in [0.4, 0.5) is 0 Å². The molecular weight excluding hydrogens is 777 g/mol. The normalized spacial score (nSPS) is 13.8. The Morgan fingerprint density at radius 2 is 0.638 bits per heavy atom. The van der Waals surface area contributed by atoms with Gasteiger partial charge in [-0.15, -0.1) is 0 Å². The molecule has 0 nitrogen and oxygen atoms in total. The van der Waals surface area contributed by atoms with Gasteiger partial charge in [0.25, 0.3) is 0 Å². The molecule has 0 fully saturated rings. The molecule has 2 aromatic rings. The molecule has 0 heterocycles. The van der Waals surface area contributed by atoms with E-state index in [1.54, 1.807) is 0 Å². The smallest absolute Gasteiger partial charge is 0.0138 e. The lowest BCUT2D eigenvalue weighted by molar-refractivity contribution is 0.271. The highest BCUT2D eigenvalue weighted by atomic mass is 32.1. The third-order valence-electron chi connectivity index (χ3n) is 13.3. The molecule has 0 N–H and O–H groups in total. The minimum atomic E-state index is 0.0212. The van der Waals surface area contributed by atoms with Crippen molar-refractivity contribution in [2.24, 2.45) is 0 Å². The van der Waals surface area contributed by atoms with Gasteiger partial charge in [0.15, 0.2) is 0 Å². The van der Waals surface area contributed by atoms with Crippen LogP contribution in [0.1, 0.15) is 248 Å². The summed E-state index contributed by atoms with van der Waals surface area (Å²) < 4.78 is 0. The van der Waals surface area contributed by atoms with E-state index in [0.717, 1.165) is 23.7 Å². The lowest BCUT2D eigenvalue weighted by atomic mass is 9.60. The molecule has 0 aliphatic rings. The average molecular weight is 872 g/mol. The van der Waals surface area contributed by atoms with Crippen molar-refractivity contribution in [2.45, 2.75) is 248 Å². The second-order valence-electron chi connectivity index (χ2n) is 18.1. The first kappa shape index (κ1) is 54.0. The van der Waals surface area contributed by atoms with Crippen LogP contribution >= 0.6 is 50.5 Å². The third-order valence-corrected chi connectivity index (χ3v) is 14.9. The second-order valence-corrected chi connectivity index (χ2v) is 20.0. The number of unbranched alkanes of at least 4 members (excludes halogenated alkanes) is 30. The summed E-state index contributed by atoms with van der Waals surface area (Å²) in [5.74, 6) is 3.50. The van der Waals surface area contributed by atoms with Crippen LogP contribution in [0, 0.1) is 0 Å². The van der Waals surface area contributed by atoms with E-state index in [4.69, 9.17) is 25.3 Å². The molecule has 0 aromatic heterocycles. The average Bonchev–Trinajstić information content (AvgIpc) is 3.25. The molecule has 0 amide bonds. The Morgan fingerprint density at radius 1 is 0.328 bits per heavy atom. The van der Waals surface area contributed by atoms with Crippen LogP contribution in [0.25, 0.3) is 0 Å². The molecule has 0 saturated heterocycles. The van der Waals surface area contributed by atoms with Gasteiger partial charge in [-0.1, -0.05) is 253 Å². The fraction of sp³-hybridized carbons (Fsp3) is 0.778. The maximum atomic E-state index is 5.68. The van der Waals surface area contributed by atoms with Crippen molar-refractivity contribution in [3.05, 3.63) is 71.8 Å². The minimum absolute atomic E-state index is 0.0212. The van der Waals surface area contributed by atoms with Gasteiger partial charge >= 0.3 is 0 Å². The largest absolute Gasteiger partial charge is 0.179 e. The van der Waals surface area contributed by atoms with E-state index < -0.39 is 0 Å². The Bertz CT molecular complexity index is 1110. The lowest BCUT2D eigenvalue weighted by Crippen LogP contribution is -2.43. The lowest BCUT2D eigenvalue weighted by Gasteiger charge is -2.47. The van der Waals surface area contributed by atoms with E-state index in [2.05, 4.69) is 85.9 Å². The van der Waals surface area contributed by atoms with E-state index in [9.17, 15) is 0 Å². The molecule has 2 rings (SSSR count). The Kier molecular flexibility index (Phi) is 36.9. The summed E-state index contributed by atoms with van der Waals surface area (Å²) >= 11 is 19.1. The van der Waals surface area contributed by atoms with Gasteiger partial charge in [0.1, 0.15) is 0 Å². The van der Waals surface area contributed by atoms with Gasteiger partial charge in [-0.25, -0.2) is 0 Å². The minimum Gasteiger partial charge on any atom is -0.179 e. The van der Waals surface area contributed by atoms with Crippen LogP contribution < -0.4 is 0 Å². The quantitative estimate of drug-likeness (QED) is 0.0370. The summed E-state index contributed by atoms with van der Waals surface area (Å²) in [6.45, 7) is 0. The first-order valence-electron chi connectivity index (χ1n) is 25.3. The molecule has 0 spiro atoms. The van der Waals surface area contributed by atoms with Gasteiger partial charge in [0.05, 0.1) is 0 Å². The van der Waals surface area contributed by atoms with Gasteiger partial charge in [0, 0.05) is 10.7 Å². The molecular formula is C54H94S4. The molecule has 3 atom stereocenters. The number of benzene rings is 2. The maximum Gasteiger partial charge on any atom is 0.0138 e. The van der Waals surface area contributed by atoms with Crippen LogP contribution in [0.3, 0.4) is 0 Å². The zero-order valence-electron chi connectivity index (χ0n) is 37.8. The Balaban J connectivity index is 1.83. The monoisotopic (exact) mass is 871 g/mol. The van der Waals surface area contributed by atoms with Crippen molar-refractivity contribution in [2.75, 3.05) is 17.3 Å². The summed E-state index contributed by atoms with van der Waals surface area (Å²) in [5.41, 5.74) is 3.03. The van der Waals surface area contributed by atoms with E-state index >= 15 is 0 Å². The van der Waals surface area contributed by atoms with Crippen molar-refractivity contribution in [3.8, 4) is 0 Å². The Hall–Kier alpha value is -0.160. The van der Waals surface area contributed by atoms with Crippen molar-refractivity contribution in [1.29, 1.82) is 0 Å². The van der Waals surface area contributed by atoms with Crippen LogP contribution in [-0.4, -0.2) is 22.5 Å². The van der Waals surface area contributed by atoms with Gasteiger partial charge in [0.2, 0.25) is 0 Å². The summed E-state index contributed by atoms with van der Waals surface area (Å²) in [5, 5.41) is 0.339. The molecule has 0 bridgehead atoms. The zero-order chi connectivity index (χ0) is 41.5. The highest BCUT2D eigenvalue weighted by Gasteiger charge is 2.45. The molecule has 0 aliphatic carbocycles. The summed E-state index contributed by atoms with van der Waals surface area (Å²) in [4.78, 5) is 0. The number of hydrogen-bond acceptors (Lipinski definition) is 4. The molecule has 58 heavy (non-hydrogen) atoms. The summed E-state index contributed by atoms with van der Waals surface area (Å²) in [6, 6.07) is 23.2. The van der Waals surface area contributed by atoms with E-state index in [0.29, 0.717) is 11.2 Å². The van der Waals surface area contributed by atoms with E-state index in [-0.39, 0.29) is 5.41 Å². The number of thiol groups is 4. The predicted octanol–water partition coefficient (Wildman–Crippen LogP) is 18.8. The van der Waals surface area contributed by atoms with Gasteiger partial charge in [-0.2, -0.15) is 50.5 Å². The molecule has 4 heteroatoms. The summed E-state index contributed by atoms with van der Waals surface area (Å²) in [7, 11) is 0. The fourth-order valence-corrected chi connectivity index (χ4v) is 11.0. The van der Waals surface area contributed by atoms with Crippen LogP contribution in [0.2, 0.25) is 0 Å². The van der Waals surface area contributed by atoms with Crippen molar-refractivity contribution >= 4 is 50.5 Å². The van der Waals surface area contributed by atoms with E-state index in [1.165, 1.54) is 236 Å². The Labute approximate surface area is 384 Å². The predicted molar refractivity (Wildman–Crippen MR) is 278 cm³/mol. The van der Waals surface area contributed by atoms with Crippen LogP contribution in [-0.2, 0) is 5.41 Å². The molecule has 2 aromatic carbocycles. The zero-order valence-corrected chi connectivity index (χ0v) is 41.4. The standard InChI is InChI=1S/C54H94S4/c55-47-37-27-23-19-15-11-7-3-1-5-9-13-17-21-25-35-45-53(58)54(51-42-33-30-34-43-51,52(44-39-49-57)50-40-31-29-32-41-50)46-36-26-22-18-14-10-6-2-4-8-12-16-20-24-28-38-48-56/h29-34,40-43,52-53,55-58H,1-28,35-39,44-49H2. The second kappa shape index (κ2) is 39.7. The van der Waals surface area contributed by atoms with Gasteiger partial charge < -0.3 is 0 Å². The van der Waals surface area contributed by atoms with Crippen molar-refractivity contribution in [1.82, 2.24) is 0 Å². The molecule has 0 radical (unpaired) electrons. The number of hydrogen-bond donors (Lipinski definition) is 4. The summed E-state index contributed by atoms with van der Waals surface area (Å²) in [6.07, 6.45) is 49.5. The Morgan fingerprint density at radius 3 is 1.00 bits per heavy atom. The van der Waals surface area contributed by atoms with Crippen molar-refractivity contribution in [3.63, 3.8) is 0 Å². The maximum absolute atomic E-state index is 5.68. The molecule has 3 unspecified atom stereocenters. The first-order valence-corrected chi connectivity index (χ1v) is 27.7. The van der Waals surface area contributed by atoms with Crippen LogP contribution in [0.5, 0.6) is 0 Å².